The lowest BCUT2D eigenvalue weighted by Gasteiger charge is -2.23. The summed E-state index contributed by atoms with van der Waals surface area (Å²) in [5.41, 5.74) is 2.47. The molecule has 0 aliphatic heterocycles. The zero-order valence-electron chi connectivity index (χ0n) is 9.43. The van der Waals surface area contributed by atoms with Crippen molar-refractivity contribution in [3.63, 3.8) is 0 Å². The normalized spacial score (nSPS) is 11.6. The van der Waals surface area contributed by atoms with Crippen molar-refractivity contribution >= 4 is 6.08 Å². The van der Waals surface area contributed by atoms with Crippen LogP contribution in [0.3, 0.4) is 0 Å². The number of nitrogens with zero attached hydrogens (tertiary/aromatic N) is 1. The van der Waals surface area contributed by atoms with E-state index < -0.39 is 0 Å². The number of hydrogen-bond donors (Lipinski definition) is 1. The molecule has 14 heavy (non-hydrogen) atoms. The van der Waals surface area contributed by atoms with Crippen LogP contribution in [-0.4, -0.2) is 10.2 Å². The third kappa shape index (κ3) is 2.25. The molecule has 1 aromatic rings. The van der Waals surface area contributed by atoms with Crippen LogP contribution in [0.2, 0.25) is 0 Å². The van der Waals surface area contributed by atoms with E-state index >= 15 is 0 Å². The first-order valence-corrected chi connectivity index (χ1v) is 5.28. The molecule has 2 heteroatoms. The molecule has 0 aliphatic carbocycles. The summed E-state index contributed by atoms with van der Waals surface area (Å²) in [7, 11) is 0. The third-order valence-corrected chi connectivity index (χ3v) is 2.75. The van der Waals surface area contributed by atoms with E-state index in [4.69, 9.17) is 0 Å². The molecular weight excluding hydrogens is 172 g/mol. The van der Waals surface area contributed by atoms with Crippen LogP contribution in [0.25, 0.3) is 6.08 Å². The van der Waals surface area contributed by atoms with Crippen molar-refractivity contribution in [2.75, 3.05) is 0 Å². The van der Waals surface area contributed by atoms with Crippen LogP contribution < -0.4 is 0 Å². The molecule has 2 nitrogen and oxygen atoms in total. The Labute approximate surface area is 86.4 Å². The van der Waals surface area contributed by atoms with Gasteiger partial charge in [-0.2, -0.15) is 5.10 Å². The van der Waals surface area contributed by atoms with Gasteiger partial charge in [0.05, 0.1) is 5.69 Å². The summed E-state index contributed by atoms with van der Waals surface area (Å²) in [5, 5.41) is 7.08. The van der Waals surface area contributed by atoms with E-state index in [-0.39, 0.29) is 5.41 Å². The summed E-state index contributed by atoms with van der Waals surface area (Å²) in [5.74, 6) is 0. The zero-order valence-corrected chi connectivity index (χ0v) is 9.43. The van der Waals surface area contributed by atoms with Gasteiger partial charge >= 0.3 is 0 Å². The summed E-state index contributed by atoms with van der Waals surface area (Å²) in [4.78, 5) is 0. The van der Waals surface area contributed by atoms with Gasteiger partial charge in [-0.05, 0) is 17.9 Å². The summed E-state index contributed by atoms with van der Waals surface area (Å²) in [6, 6.07) is 0. The molecule has 0 fully saturated rings. The second-order valence-electron chi connectivity index (χ2n) is 4.38. The predicted molar refractivity (Wildman–Crippen MR) is 61.2 cm³/mol. The van der Waals surface area contributed by atoms with Crippen molar-refractivity contribution in [3.8, 4) is 0 Å². The second kappa shape index (κ2) is 4.45. The molecule has 1 aromatic heterocycles. The van der Waals surface area contributed by atoms with Crippen LogP contribution in [0.15, 0.2) is 12.8 Å². The maximum absolute atomic E-state index is 4.17. The van der Waals surface area contributed by atoms with Crippen LogP contribution in [0.1, 0.15) is 51.3 Å². The molecule has 0 amide bonds. The van der Waals surface area contributed by atoms with Crippen molar-refractivity contribution in [2.24, 2.45) is 0 Å². The number of rotatable bonds is 5. The Morgan fingerprint density at radius 3 is 2.86 bits per heavy atom. The molecule has 1 N–H and O–H groups in total. The highest BCUT2D eigenvalue weighted by atomic mass is 15.1. The molecule has 0 aliphatic rings. The number of nitrogens with one attached hydrogen (secondary N) is 1. The van der Waals surface area contributed by atoms with Crippen molar-refractivity contribution in [3.05, 3.63) is 24.0 Å². The molecule has 0 radical (unpaired) electrons. The van der Waals surface area contributed by atoms with E-state index in [1.807, 2.05) is 12.3 Å². The smallest absolute Gasteiger partial charge is 0.0879 e. The molecule has 0 aromatic carbocycles. The van der Waals surface area contributed by atoms with Crippen molar-refractivity contribution in [1.29, 1.82) is 0 Å². The molecule has 1 rings (SSSR count). The lowest BCUT2D eigenvalue weighted by molar-refractivity contribution is 0.457. The van der Waals surface area contributed by atoms with Gasteiger partial charge in [0, 0.05) is 11.8 Å². The Hall–Kier alpha value is -1.05. The molecule has 0 bridgehead atoms. The lowest BCUT2D eigenvalue weighted by atomic mass is 9.80. The Morgan fingerprint density at radius 1 is 1.57 bits per heavy atom. The number of hydrogen-bond acceptors (Lipinski definition) is 1. The highest BCUT2D eigenvalue weighted by molar-refractivity contribution is 5.48. The van der Waals surface area contributed by atoms with Gasteiger partial charge in [0.1, 0.15) is 0 Å². The fourth-order valence-corrected chi connectivity index (χ4v) is 1.75. The Bertz CT molecular complexity index is 297. The van der Waals surface area contributed by atoms with E-state index in [0.717, 1.165) is 5.69 Å². The molecular formula is C12H20N2. The van der Waals surface area contributed by atoms with Crippen molar-refractivity contribution in [1.82, 2.24) is 10.2 Å². The molecule has 0 spiro atoms. The number of aromatic amines is 1. The molecule has 0 saturated heterocycles. The van der Waals surface area contributed by atoms with E-state index in [9.17, 15) is 0 Å². The van der Waals surface area contributed by atoms with E-state index in [1.54, 1.807) is 0 Å². The topological polar surface area (TPSA) is 28.7 Å². The van der Waals surface area contributed by atoms with Gasteiger partial charge in [-0.25, -0.2) is 0 Å². The summed E-state index contributed by atoms with van der Waals surface area (Å²) < 4.78 is 0. The van der Waals surface area contributed by atoms with Gasteiger partial charge in [0.15, 0.2) is 0 Å². The van der Waals surface area contributed by atoms with Gasteiger partial charge in [-0.15, -0.1) is 0 Å². The average Bonchev–Trinajstić information content (AvgIpc) is 2.63. The van der Waals surface area contributed by atoms with Gasteiger partial charge in [0.2, 0.25) is 0 Å². The Morgan fingerprint density at radius 2 is 2.29 bits per heavy atom. The minimum Gasteiger partial charge on any atom is -0.285 e. The van der Waals surface area contributed by atoms with Gasteiger partial charge < -0.3 is 0 Å². The van der Waals surface area contributed by atoms with Gasteiger partial charge in [-0.3, -0.25) is 5.10 Å². The quantitative estimate of drug-likeness (QED) is 0.759. The third-order valence-electron chi connectivity index (χ3n) is 2.75. The molecule has 1 heterocycles. The maximum Gasteiger partial charge on any atom is 0.0879 e. The summed E-state index contributed by atoms with van der Waals surface area (Å²) in [6.07, 6.45) is 7.51. The van der Waals surface area contributed by atoms with Crippen molar-refractivity contribution < 1.29 is 0 Å². The van der Waals surface area contributed by atoms with Crippen LogP contribution in [-0.2, 0) is 5.41 Å². The first-order chi connectivity index (χ1) is 6.61. The average molecular weight is 192 g/mol. The fraction of sp³-hybridized carbons (Fsp3) is 0.583. The second-order valence-corrected chi connectivity index (χ2v) is 4.38. The van der Waals surface area contributed by atoms with Crippen molar-refractivity contribution in [2.45, 2.75) is 45.4 Å². The minimum atomic E-state index is 0.201. The fourth-order valence-electron chi connectivity index (χ4n) is 1.75. The molecule has 78 valence electrons. The minimum absolute atomic E-state index is 0.201. The van der Waals surface area contributed by atoms with Gasteiger partial charge in [0.25, 0.3) is 0 Å². The standard InChI is InChI=1S/C12H20N2/c1-5-7-8-12(3,4)10-9-13-14-11(10)6-2/h6,9H,2,5,7-8H2,1,3-4H3,(H,13,14). The van der Waals surface area contributed by atoms with Crippen LogP contribution >= 0.6 is 0 Å². The van der Waals surface area contributed by atoms with Crippen LogP contribution in [0.5, 0.6) is 0 Å². The van der Waals surface area contributed by atoms with E-state index in [0.29, 0.717) is 0 Å². The first kappa shape index (κ1) is 11.0. The largest absolute Gasteiger partial charge is 0.285 e. The first-order valence-electron chi connectivity index (χ1n) is 5.28. The summed E-state index contributed by atoms with van der Waals surface area (Å²) in [6.45, 7) is 10.5. The Kier molecular flexibility index (Phi) is 3.50. The molecule has 0 atom stereocenters. The monoisotopic (exact) mass is 192 g/mol. The lowest BCUT2D eigenvalue weighted by Crippen LogP contribution is -2.17. The van der Waals surface area contributed by atoms with E-state index in [1.165, 1.54) is 24.8 Å². The van der Waals surface area contributed by atoms with Gasteiger partial charge in [-0.1, -0.05) is 40.2 Å². The van der Waals surface area contributed by atoms with Crippen LogP contribution in [0, 0.1) is 0 Å². The number of aromatic nitrogens is 2. The molecule has 0 saturated carbocycles. The maximum atomic E-state index is 4.17. The highest BCUT2D eigenvalue weighted by Gasteiger charge is 2.23. The van der Waals surface area contributed by atoms with E-state index in [2.05, 4.69) is 37.5 Å². The zero-order chi connectivity index (χ0) is 10.6. The Balaban J connectivity index is 2.85. The SMILES string of the molecule is C=Cc1n[nH]cc1C(C)(C)CCCC. The summed E-state index contributed by atoms with van der Waals surface area (Å²) >= 11 is 0. The van der Waals surface area contributed by atoms with Crippen LogP contribution in [0.4, 0.5) is 0 Å². The highest BCUT2D eigenvalue weighted by Crippen LogP contribution is 2.30. The molecule has 0 unspecified atom stereocenters. The number of H-pyrrole nitrogens is 1. The number of unbranched alkanes of at least 4 members (excludes halogenated alkanes) is 1. The predicted octanol–water partition coefficient (Wildman–Crippen LogP) is 3.52.